The van der Waals surface area contributed by atoms with E-state index in [4.69, 9.17) is 28.8 Å². The Morgan fingerprint density at radius 1 is 0.970 bits per heavy atom. The maximum Gasteiger partial charge on any atom is 0.335 e. The van der Waals surface area contributed by atoms with E-state index in [1.54, 1.807) is 31.4 Å². The van der Waals surface area contributed by atoms with E-state index < -0.39 is 36.7 Å². The van der Waals surface area contributed by atoms with Crippen LogP contribution in [0.3, 0.4) is 0 Å². The fraction of sp³-hybridized carbons (Fsp3) is 0.273. The van der Waals surface area contributed by atoms with Gasteiger partial charge in [-0.2, -0.15) is 4.89 Å². The van der Waals surface area contributed by atoms with Gasteiger partial charge in [-0.25, -0.2) is 4.79 Å². The zero-order chi connectivity index (χ0) is 23.7. The Labute approximate surface area is 185 Å². The fourth-order valence-electron chi connectivity index (χ4n) is 3.36. The van der Waals surface area contributed by atoms with E-state index in [1.807, 2.05) is 0 Å². The first-order valence-electron chi connectivity index (χ1n) is 9.76. The zero-order valence-electron chi connectivity index (χ0n) is 17.2. The summed E-state index contributed by atoms with van der Waals surface area (Å²) in [7, 11) is 1.54. The largest absolute Gasteiger partial charge is 0.497 e. The van der Waals surface area contributed by atoms with E-state index in [9.17, 15) is 24.9 Å². The van der Waals surface area contributed by atoms with Crippen molar-refractivity contribution in [1.82, 2.24) is 0 Å². The van der Waals surface area contributed by atoms with Crippen LogP contribution >= 0.6 is 0 Å². The van der Waals surface area contributed by atoms with E-state index in [1.165, 1.54) is 24.5 Å². The number of methoxy groups -OCH3 is 1. The van der Waals surface area contributed by atoms with Crippen LogP contribution in [0.4, 0.5) is 0 Å². The van der Waals surface area contributed by atoms with Gasteiger partial charge in [-0.15, -0.1) is 0 Å². The molecule has 1 aliphatic rings. The zero-order valence-corrected chi connectivity index (χ0v) is 17.2. The lowest BCUT2D eigenvalue weighted by Gasteiger charge is -2.37. The van der Waals surface area contributed by atoms with Crippen LogP contribution in [-0.4, -0.2) is 64.2 Å². The molecule has 0 saturated carbocycles. The molecule has 0 bridgehead atoms. The molecule has 2 aromatic carbocycles. The van der Waals surface area contributed by atoms with E-state index in [0.717, 1.165) is 0 Å². The minimum atomic E-state index is -1.85. The molecule has 0 amide bonds. The van der Waals surface area contributed by atoms with E-state index >= 15 is 0 Å². The Kier molecular flexibility index (Phi) is 6.31. The minimum absolute atomic E-state index is 0.0473. The second-order valence-electron chi connectivity index (χ2n) is 7.28. The number of hydrogen-bond donors (Lipinski definition) is 4. The van der Waals surface area contributed by atoms with Gasteiger partial charge in [0.15, 0.2) is 17.3 Å². The lowest BCUT2D eigenvalue weighted by Crippen LogP contribution is -2.60. The highest BCUT2D eigenvalue weighted by atomic mass is 17.2. The van der Waals surface area contributed by atoms with Gasteiger partial charge in [-0.05, 0) is 29.8 Å². The summed E-state index contributed by atoms with van der Waals surface area (Å²) in [6, 6.07) is 11.1. The maximum atomic E-state index is 12.9. The number of fused-ring (bicyclic) bond motifs is 1. The summed E-state index contributed by atoms with van der Waals surface area (Å²) in [5, 5.41) is 38.8. The molecule has 1 saturated heterocycles. The average Bonchev–Trinajstić information content (AvgIpc) is 2.82. The highest BCUT2D eigenvalue weighted by Gasteiger charge is 2.48. The summed E-state index contributed by atoms with van der Waals surface area (Å²) >= 11 is 0. The van der Waals surface area contributed by atoms with Gasteiger partial charge in [0.05, 0.1) is 18.1 Å². The summed E-state index contributed by atoms with van der Waals surface area (Å²) in [5.41, 5.74) is 0.900. The molecule has 1 unspecified atom stereocenters. The summed E-state index contributed by atoms with van der Waals surface area (Å²) in [4.78, 5) is 34.0. The number of carboxylic acid groups (broad SMARTS) is 1. The highest BCUT2D eigenvalue weighted by Crippen LogP contribution is 2.27. The molecule has 11 nitrogen and oxygen atoms in total. The molecule has 1 aliphatic heterocycles. The van der Waals surface area contributed by atoms with E-state index in [-0.39, 0.29) is 22.1 Å². The first-order chi connectivity index (χ1) is 15.8. The quantitative estimate of drug-likeness (QED) is 0.302. The van der Waals surface area contributed by atoms with Gasteiger partial charge in [-0.3, -0.25) is 4.79 Å². The third-order valence-electron chi connectivity index (χ3n) is 5.20. The monoisotopic (exact) mass is 460 g/mol. The predicted molar refractivity (Wildman–Crippen MR) is 111 cm³/mol. The lowest BCUT2D eigenvalue weighted by molar-refractivity contribution is -0.381. The molecule has 0 aliphatic carbocycles. The number of rotatable bonds is 6. The van der Waals surface area contributed by atoms with E-state index in [2.05, 4.69) is 0 Å². The molecule has 0 radical (unpaired) electrons. The number of benzene rings is 2. The van der Waals surface area contributed by atoms with Crippen molar-refractivity contribution in [3.63, 3.8) is 0 Å². The van der Waals surface area contributed by atoms with Crippen molar-refractivity contribution < 1.29 is 48.9 Å². The summed E-state index contributed by atoms with van der Waals surface area (Å²) in [6.45, 7) is 0. The molecule has 3 aromatic rings. The first kappa shape index (κ1) is 22.7. The van der Waals surface area contributed by atoms with Crippen LogP contribution in [0, 0.1) is 0 Å². The molecule has 5 atom stereocenters. The van der Waals surface area contributed by atoms with Gasteiger partial charge in [0.2, 0.25) is 6.29 Å². The van der Waals surface area contributed by atoms with Crippen molar-refractivity contribution in [3.8, 4) is 22.6 Å². The predicted octanol–water partition coefficient (Wildman–Crippen LogP) is 0.671. The number of carbonyl (C=O) groups is 1. The normalized spacial score (nSPS) is 25.0. The molecule has 33 heavy (non-hydrogen) atoms. The Balaban J connectivity index is 1.52. The number of aliphatic carboxylic acids is 1. The molecule has 4 rings (SSSR count). The fourth-order valence-corrected chi connectivity index (χ4v) is 3.36. The molecule has 11 heteroatoms. The van der Waals surface area contributed by atoms with Crippen LogP contribution in [0.15, 0.2) is 57.9 Å². The number of aliphatic hydroxyl groups is 3. The van der Waals surface area contributed by atoms with Crippen molar-refractivity contribution in [2.75, 3.05) is 7.11 Å². The van der Waals surface area contributed by atoms with Crippen LogP contribution in [0.25, 0.3) is 22.1 Å². The molecule has 2 heterocycles. The van der Waals surface area contributed by atoms with E-state index in [0.29, 0.717) is 16.9 Å². The third kappa shape index (κ3) is 4.40. The second-order valence-corrected chi connectivity index (χ2v) is 7.28. The molecule has 174 valence electrons. The highest BCUT2D eigenvalue weighted by molar-refractivity contribution is 5.82. The summed E-state index contributed by atoms with van der Waals surface area (Å²) < 4.78 is 15.6. The Morgan fingerprint density at radius 3 is 2.33 bits per heavy atom. The number of hydrogen-bond acceptors (Lipinski definition) is 10. The summed E-state index contributed by atoms with van der Waals surface area (Å²) in [5.74, 6) is -0.859. The van der Waals surface area contributed by atoms with Crippen molar-refractivity contribution in [2.45, 2.75) is 30.7 Å². The van der Waals surface area contributed by atoms with Gasteiger partial charge in [0, 0.05) is 6.07 Å². The van der Waals surface area contributed by atoms with Gasteiger partial charge in [0.1, 0.15) is 35.9 Å². The topological polar surface area (TPSA) is 165 Å². The molecule has 1 fully saturated rings. The van der Waals surface area contributed by atoms with Crippen molar-refractivity contribution in [2.24, 2.45) is 0 Å². The number of ether oxygens (including phenoxy) is 2. The van der Waals surface area contributed by atoms with Crippen LogP contribution < -0.4 is 15.1 Å². The number of aliphatic hydroxyl groups excluding tert-OH is 3. The lowest BCUT2D eigenvalue weighted by atomic mass is 9.99. The summed E-state index contributed by atoms with van der Waals surface area (Å²) in [6.07, 6.45) is -7.69. The third-order valence-corrected chi connectivity index (χ3v) is 5.20. The van der Waals surface area contributed by atoms with Gasteiger partial charge >= 0.3 is 5.97 Å². The molecular weight excluding hydrogens is 440 g/mol. The SMILES string of the molecule is COc1ccc(-c2coc3cc(OOC4O[C@H](C(=O)O)[C@@H](O)[C@H](O)[C@H]4O)ccc3c2=O)cc1. The maximum absolute atomic E-state index is 12.9. The van der Waals surface area contributed by atoms with Crippen molar-refractivity contribution >= 4 is 16.9 Å². The second kappa shape index (κ2) is 9.17. The van der Waals surface area contributed by atoms with Gasteiger partial charge in [0.25, 0.3) is 0 Å². The average molecular weight is 460 g/mol. The van der Waals surface area contributed by atoms with Crippen LogP contribution in [0.2, 0.25) is 0 Å². The molecular formula is C22H20O11. The smallest absolute Gasteiger partial charge is 0.335 e. The molecule has 0 spiro atoms. The van der Waals surface area contributed by atoms with Crippen molar-refractivity contribution in [3.05, 3.63) is 59.0 Å². The molecule has 4 N–H and O–H groups in total. The van der Waals surface area contributed by atoms with Crippen molar-refractivity contribution in [1.29, 1.82) is 0 Å². The Hall–Kier alpha value is -3.48. The Bertz CT molecular complexity index is 1200. The standard InChI is InChI=1S/C22H20O11/c1-29-11-4-2-10(3-5-11)14-9-30-15-8-12(6-7-13(15)16(14)23)32-33-22-19(26)17(24)18(25)20(31-22)21(27)28/h2-9,17-20,22,24-26H,1H3,(H,27,28)/t17-,18-,19+,20-,22?/m0/s1. The van der Waals surface area contributed by atoms with Crippen LogP contribution in [0.5, 0.6) is 11.5 Å². The van der Waals surface area contributed by atoms with Gasteiger partial charge in [-0.1, -0.05) is 12.1 Å². The van der Waals surface area contributed by atoms with Gasteiger partial charge < -0.3 is 39.2 Å². The number of carboxylic acids is 1. The first-order valence-corrected chi connectivity index (χ1v) is 9.76. The Morgan fingerprint density at radius 2 is 1.67 bits per heavy atom. The minimum Gasteiger partial charge on any atom is -0.497 e. The van der Waals surface area contributed by atoms with Crippen LogP contribution in [0.1, 0.15) is 0 Å². The van der Waals surface area contributed by atoms with Crippen LogP contribution in [-0.2, 0) is 14.4 Å². The molecule has 1 aromatic heterocycles.